The van der Waals surface area contributed by atoms with E-state index >= 15 is 0 Å². The second kappa shape index (κ2) is 8.43. The average molecular weight is 349 g/mol. The summed E-state index contributed by atoms with van der Waals surface area (Å²) in [7, 11) is 3.22. The molecule has 2 atom stereocenters. The first-order valence-corrected chi connectivity index (χ1v) is 8.86. The van der Waals surface area contributed by atoms with Crippen LogP contribution < -0.4 is 20.5 Å². The fourth-order valence-corrected chi connectivity index (χ4v) is 3.00. The van der Waals surface area contributed by atoms with Crippen LogP contribution in [0.1, 0.15) is 40.0 Å². The lowest BCUT2D eigenvalue weighted by Crippen LogP contribution is -2.54. The van der Waals surface area contributed by atoms with Gasteiger partial charge in [0.25, 0.3) is 0 Å². The largest absolute Gasteiger partial charge is 0.493 e. The lowest BCUT2D eigenvalue weighted by Gasteiger charge is -2.49. The molecule has 2 rings (SSSR count). The van der Waals surface area contributed by atoms with E-state index in [-0.39, 0.29) is 17.6 Å². The monoisotopic (exact) mass is 349 g/mol. The Balaban J connectivity index is 1.96. The standard InChI is InChI=1S/C19H31N3O3/c1-6-7-10-25-17-12-16(19(17,2)3)22-18(20)21-13-8-9-14(23-4)15(11-13)24-5/h8-9,11,16-17H,6-7,10,12H2,1-5H3,(H3,20,21,22). The van der Waals surface area contributed by atoms with Crippen LogP contribution in [-0.2, 0) is 4.74 Å². The van der Waals surface area contributed by atoms with E-state index in [4.69, 9.17) is 19.9 Å². The zero-order valence-electron chi connectivity index (χ0n) is 16.0. The number of ether oxygens (including phenoxy) is 3. The molecule has 6 heteroatoms. The fraction of sp³-hybridized carbons (Fsp3) is 0.632. The van der Waals surface area contributed by atoms with Crippen molar-refractivity contribution in [1.29, 1.82) is 0 Å². The van der Waals surface area contributed by atoms with Crippen LogP contribution in [0, 0.1) is 5.41 Å². The number of unbranched alkanes of at least 4 members (excludes halogenated alkanes) is 1. The number of hydrogen-bond donors (Lipinski definition) is 2. The summed E-state index contributed by atoms with van der Waals surface area (Å²) in [4.78, 5) is 4.64. The van der Waals surface area contributed by atoms with Crippen LogP contribution in [0.2, 0.25) is 0 Å². The fourth-order valence-electron chi connectivity index (χ4n) is 3.00. The molecule has 1 aliphatic rings. The number of hydrogen-bond acceptors (Lipinski definition) is 4. The molecule has 1 aromatic carbocycles. The number of guanidine groups is 1. The molecule has 0 spiro atoms. The zero-order valence-corrected chi connectivity index (χ0v) is 16.0. The van der Waals surface area contributed by atoms with Gasteiger partial charge in [-0.25, -0.2) is 4.99 Å². The molecule has 0 radical (unpaired) electrons. The van der Waals surface area contributed by atoms with Crippen molar-refractivity contribution in [2.24, 2.45) is 16.1 Å². The summed E-state index contributed by atoms with van der Waals surface area (Å²) >= 11 is 0. The third-order valence-corrected chi connectivity index (χ3v) is 4.89. The molecule has 140 valence electrons. The van der Waals surface area contributed by atoms with Crippen molar-refractivity contribution < 1.29 is 14.2 Å². The molecule has 0 aromatic heterocycles. The highest BCUT2D eigenvalue weighted by atomic mass is 16.5. The molecule has 0 heterocycles. The Morgan fingerprint density at radius 2 is 2.00 bits per heavy atom. The van der Waals surface area contributed by atoms with E-state index in [1.807, 2.05) is 18.2 Å². The summed E-state index contributed by atoms with van der Waals surface area (Å²) in [5.41, 5.74) is 6.90. The maximum absolute atomic E-state index is 6.09. The normalized spacial score (nSPS) is 22.2. The highest BCUT2D eigenvalue weighted by Crippen LogP contribution is 2.45. The third-order valence-electron chi connectivity index (χ3n) is 4.89. The third kappa shape index (κ3) is 4.57. The van der Waals surface area contributed by atoms with Gasteiger partial charge in [0.15, 0.2) is 17.5 Å². The molecule has 1 aliphatic carbocycles. The van der Waals surface area contributed by atoms with Crippen LogP contribution in [0.25, 0.3) is 0 Å². The summed E-state index contributed by atoms with van der Waals surface area (Å²) < 4.78 is 16.5. The van der Waals surface area contributed by atoms with E-state index in [0.29, 0.717) is 17.5 Å². The Hall–Kier alpha value is -1.95. The van der Waals surface area contributed by atoms with Crippen LogP contribution in [0.4, 0.5) is 5.69 Å². The van der Waals surface area contributed by atoms with Crippen LogP contribution in [0.5, 0.6) is 11.5 Å². The Kier molecular flexibility index (Phi) is 6.53. The average Bonchev–Trinajstić information content (AvgIpc) is 2.60. The lowest BCUT2D eigenvalue weighted by molar-refractivity contribution is -0.107. The maximum atomic E-state index is 6.09. The van der Waals surface area contributed by atoms with Crippen molar-refractivity contribution in [3.8, 4) is 11.5 Å². The van der Waals surface area contributed by atoms with Gasteiger partial charge in [0.05, 0.1) is 26.4 Å². The molecule has 25 heavy (non-hydrogen) atoms. The van der Waals surface area contributed by atoms with Gasteiger partial charge < -0.3 is 25.3 Å². The predicted molar refractivity (Wildman–Crippen MR) is 102 cm³/mol. The molecular formula is C19H31N3O3. The van der Waals surface area contributed by atoms with Gasteiger partial charge in [0, 0.05) is 23.8 Å². The zero-order chi connectivity index (χ0) is 18.4. The molecular weight excluding hydrogens is 318 g/mol. The Morgan fingerprint density at radius 1 is 1.28 bits per heavy atom. The van der Waals surface area contributed by atoms with E-state index in [1.54, 1.807) is 14.2 Å². The second-order valence-electron chi connectivity index (χ2n) is 6.99. The second-order valence-corrected chi connectivity index (χ2v) is 6.99. The number of aliphatic imine (C=N–C) groups is 1. The number of methoxy groups -OCH3 is 2. The molecule has 0 aliphatic heterocycles. The van der Waals surface area contributed by atoms with Gasteiger partial charge in [-0.2, -0.15) is 0 Å². The van der Waals surface area contributed by atoms with Gasteiger partial charge in [-0.1, -0.05) is 27.2 Å². The summed E-state index contributed by atoms with van der Waals surface area (Å²) in [6.07, 6.45) is 3.41. The summed E-state index contributed by atoms with van der Waals surface area (Å²) in [6, 6.07) is 5.71. The maximum Gasteiger partial charge on any atom is 0.193 e. The highest BCUT2D eigenvalue weighted by Gasteiger charge is 2.49. The molecule has 2 unspecified atom stereocenters. The van der Waals surface area contributed by atoms with E-state index in [9.17, 15) is 0 Å². The van der Waals surface area contributed by atoms with Crippen molar-refractivity contribution in [3.05, 3.63) is 18.2 Å². The Labute approximate surface area is 150 Å². The van der Waals surface area contributed by atoms with Crippen molar-refractivity contribution >= 4 is 11.6 Å². The minimum Gasteiger partial charge on any atom is -0.493 e. The Morgan fingerprint density at radius 3 is 2.60 bits per heavy atom. The number of nitrogens with zero attached hydrogens (tertiary/aromatic N) is 1. The number of nitrogens with two attached hydrogens (primary N) is 1. The molecule has 0 amide bonds. The molecule has 6 nitrogen and oxygen atoms in total. The van der Waals surface area contributed by atoms with E-state index in [2.05, 4.69) is 31.1 Å². The minimum atomic E-state index is -0.00234. The molecule has 0 saturated heterocycles. The SMILES string of the molecule is CCCCOC1CC(N=C(N)Nc2ccc(OC)c(OC)c2)C1(C)C. The van der Waals surface area contributed by atoms with E-state index < -0.39 is 0 Å². The summed E-state index contributed by atoms with van der Waals surface area (Å²) in [6.45, 7) is 7.36. The Bertz CT molecular complexity index is 602. The van der Waals surface area contributed by atoms with Gasteiger partial charge >= 0.3 is 0 Å². The lowest BCUT2D eigenvalue weighted by atomic mass is 9.65. The summed E-state index contributed by atoms with van der Waals surface area (Å²) in [5.74, 6) is 1.72. The van der Waals surface area contributed by atoms with E-state index in [0.717, 1.165) is 31.6 Å². The van der Waals surface area contributed by atoms with Gasteiger partial charge in [-0.15, -0.1) is 0 Å². The highest BCUT2D eigenvalue weighted by molar-refractivity contribution is 5.92. The number of benzene rings is 1. The predicted octanol–water partition coefficient (Wildman–Crippen LogP) is 3.41. The van der Waals surface area contributed by atoms with Crippen molar-refractivity contribution in [3.63, 3.8) is 0 Å². The van der Waals surface area contributed by atoms with Crippen LogP contribution in [0.15, 0.2) is 23.2 Å². The van der Waals surface area contributed by atoms with Crippen LogP contribution >= 0.6 is 0 Å². The number of nitrogens with one attached hydrogen (secondary N) is 1. The van der Waals surface area contributed by atoms with Crippen LogP contribution in [0.3, 0.4) is 0 Å². The molecule has 1 saturated carbocycles. The van der Waals surface area contributed by atoms with Crippen molar-refractivity contribution in [2.75, 3.05) is 26.1 Å². The quantitative estimate of drug-likeness (QED) is 0.427. The van der Waals surface area contributed by atoms with Crippen LogP contribution in [-0.4, -0.2) is 38.9 Å². The van der Waals surface area contributed by atoms with Gasteiger partial charge in [0.2, 0.25) is 0 Å². The van der Waals surface area contributed by atoms with Crippen molar-refractivity contribution in [1.82, 2.24) is 0 Å². The van der Waals surface area contributed by atoms with Gasteiger partial charge in [0.1, 0.15) is 0 Å². The van der Waals surface area contributed by atoms with E-state index in [1.165, 1.54) is 0 Å². The first-order valence-electron chi connectivity index (χ1n) is 8.86. The molecule has 3 N–H and O–H groups in total. The molecule has 1 aromatic rings. The summed E-state index contributed by atoms with van der Waals surface area (Å²) in [5, 5.41) is 3.12. The van der Waals surface area contributed by atoms with Gasteiger partial charge in [-0.3, -0.25) is 0 Å². The first-order chi connectivity index (χ1) is 11.9. The number of anilines is 1. The topological polar surface area (TPSA) is 78.1 Å². The smallest absolute Gasteiger partial charge is 0.193 e. The van der Waals surface area contributed by atoms with Crippen molar-refractivity contribution in [2.45, 2.75) is 52.2 Å². The van der Waals surface area contributed by atoms with Gasteiger partial charge in [-0.05, 0) is 25.0 Å². The minimum absolute atomic E-state index is 0.00234. The molecule has 1 fully saturated rings. The molecule has 0 bridgehead atoms. The first kappa shape index (κ1) is 19.4. The number of rotatable bonds is 8.